The predicted molar refractivity (Wildman–Crippen MR) is 154 cm³/mol. The van der Waals surface area contributed by atoms with Gasteiger partial charge in [-0.1, -0.05) is 23.7 Å². The van der Waals surface area contributed by atoms with Gasteiger partial charge in [-0.2, -0.15) is 0 Å². The highest BCUT2D eigenvalue weighted by Gasteiger charge is 2.30. The molecule has 2 amide bonds. The van der Waals surface area contributed by atoms with Crippen molar-refractivity contribution >= 4 is 29.3 Å². The molecule has 3 aromatic rings. The maximum absolute atomic E-state index is 12.6. The van der Waals surface area contributed by atoms with E-state index in [4.69, 9.17) is 26.1 Å². The van der Waals surface area contributed by atoms with E-state index in [-0.39, 0.29) is 12.3 Å². The third-order valence-corrected chi connectivity index (χ3v) is 6.28. The average Bonchev–Trinajstić information content (AvgIpc) is 3.21. The average molecular weight is 567 g/mol. The van der Waals surface area contributed by atoms with E-state index in [2.05, 4.69) is 20.8 Å². The molecule has 0 radical (unpaired) electrons. The molecule has 212 valence electrons. The zero-order chi connectivity index (χ0) is 28.9. The number of aryl methyl sites for hydroxylation is 1. The Morgan fingerprint density at radius 1 is 1.07 bits per heavy atom. The summed E-state index contributed by atoms with van der Waals surface area (Å²) in [6, 6.07) is 12.7. The summed E-state index contributed by atoms with van der Waals surface area (Å²) >= 11 is 6.18. The number of rotatable bonds is 9. The predicted octanol–water partition coefficient (Wildman–Crippen LogP) is 4.94. The lowest BCUT2D eigenvalue weighted by Gasteiger charge is -2.19. The first-order valence-electron chi connectivity index (χ1n) is 13.3. The van der Waals surface area contributed by atoms with Crippen LogP contribution in [0.1, 0.15) is 69.4 Å². The van der Waals surface area contributed by atoms with Gasteiger partial charge in [-0.25, -0.2) is 4.79 Å². The molecule has 0 aliphatic carbocycles. The number of hydrogen-bond acceptors (Lipinski definition) is 7. The molecule has 2 heterocycles. The Hall–Kier alpha value is -3.92. The van der Waals surface area contributed by atoms with Gasteiger partial charge in [0.2, 0.25) is 5.91 Å². The molecule has 0 bridgehead atoms. The van der Waals surface area contributed by atoms with Crippen molar-refractivity contribution in [1.82, 2.24) is 25.4 Å². The summed E-state index contributed by atoms with van der Waals surface area (Å²) in [5, 5.41) is 14.9. The summed E-state index contributed by atoms with van der Waals surface area (Å²) in [6.07, 6.45) is 0.270. The van der Waals surface area contributed by atoms with E-state index >= 15 is 0 Å². The van der Waals surface area contributed by atoms with Crippen molar-refractivity contribution in [3.8, 4) is 11.4 Å². The molecule has 2 aromatic carbocycles. The fraction of sp³-hybridized carbons (Fsp3) is 0.414. The molecular weight excluding hydrogens is 532 g/mol. The molecule has 1 aliphatic rings. The van der Waals surface area contributed by atoms with Crippen LogP contribution in [0.3, 0.4) is 0 Å². The maximum Gasteiger partial charge on any atom is 0.407 e. The van der Waals surface area contributed by atoms with Crippen LogP contribution >= 0.6 is 11.6 Å². The SMILES string of the molecule is CCNC(=O)CC1N=C(c2ccc(Cl)cc2)c2cc(OCCCNC(=O)OC(C)(C)C)ccc2-n2c(C)nnc21. The minimum absolute atomic E-state index is 0.117. The zero-order valence-electron chi connectivity index (χ0n) is 23.5. The van der Waals surface area contributed by atoms with Gasteiger partial charge in [-0.05, 0) is 71.4 Å². The number of halogens is 1. The summed E-state index contributed by atoms with van der Waals surface area (Å²) in [5.74, 6) is 1.81. The molecule has 1 aromatic heterocycles. The van der Waals surface area contributed by atoms with Crippen LogP contribution in [0.4, 0.5) is 4.79 Å². The van der Waals surface area contributed by atoms with Crippen LogP contribution in [0.2, 0.25) is 5.02 Å². The Morgan fingerprint density at radius 3 is 2.52 bits per heavy atom. The van der Waals surface area contributed by atoms with Gasteiger partial charge in [0.15, 0.2) is 5.82 Å². The van der Waals surface area contributed by atoms with E-state index in [0.29, 0.717) is 54.2 Å². The fourth-order valence-electron chi connectivity index (χ4n) is 4.35. The second kappa shape index (κ2) is 12.5. The van der Waals surface area contributed by atoms with Gasteiger partial charge < -0.3 is 20.1 Å². The zero-order valence-corrected chi connectivity index (χ0v) is 24.2. The van der Waals surface area contributed by atoms with Crippen molar-refractivity contribution < 1.29 is 19.1 Å². The van der Waals surface area contributed by atoms with Crippen molar-refractivity contribution in [2.45, 2.75) is 59.1 Å². The van der Waals surface area contributed by atoms with Crippen molar-refractivity contribution in [3.05, 3.63) is 70.3 Å². The number of aliphatic imine (C=N–C) groups is 1. The van der Waals surface area contributed by atoms with Crippen molar-refractivity contribution in [2.75, 3.05) is 19.7 Å². The third kappa shape index (κ3) is 7.18. The van der Waals surface area contributed by atoms with Crippen molar-refractivity contribution in [1.29, 1.82) is 0 Å². The largest absolute Gasteiger partial charge is 0.494 e. The van der Waals surface area contributed by atoms with Gasteiger partial charge in [0, 0.05) is 29.2 Å². The Morgan fingerprint density at radius 2 is 1.82 bits per heavy atom. The molecule has 1 atom stereocenters. The highest BCUT2D eigenvalue weighted by molar-refractivity contribution is 6.30. The van der Waals surface area contributed by atoms with Gasteiger partial charge in [0.05, 0.1) is 24.4 Å². The first-order valence-corrected chi connectivity index (χ1v) is 13.7. The lowest BCUT2D eigenvalue weighted by Crippen LogP contribution is -2.33. The highest BCUT2D eigenvalue weighted by Crippen LogP contribution is 2.34. The molecule has 1 aliphatic heterocycles. The molecule has 0 spiro atoms. The highest BCUT2D eigenvalue weighted by atomic mass is 35.5. The number of ether oxygens (including phenoxy) is 2. The van der Waals surface area contributed by atoms with Crippen LogP contribution in [0, 0.1) is 6.92 Å². The second-order valence-electron chi connectivity index (χ2n) is 10.4. The second-order valence-corrected chi connectivity index (χ2v) is 10.8. The van der Waals surface area contributed by atoms with E-state index in [9.17, 15) is 9.59 Å². The Balaban J connectivity index is 1.63. The molecule has 11 heteroatoms. The van der Waals surface area contributed by atoms with E-state index in [0.717, 1.165) is 16.8 Å². The van der Waals surface area contributed by atoms with Crippen LogP contribution in [0.15, 0.2) is 47.5 Å². The molecule has 40 heavy (non-hydrogen) atoms. The summed E-state index contributed by atoms with van der Waals surface area (Å²) in [5.41, 5.74) is 2.65. The molecule has 0 saturated heterocycles. The summed E-state index contributed by atoms with van der Waals surface area (Å²) in [6.45, 7) is 10.6. The summed E-state index contributed by atoms with van der Waals surface area (Å²) < 4.78 is 13.3. The Bertz CT molecular complexity index is 1390. The topological polar surface area (TPSA) is 120 Å². The van der Waals surface area contributed by atoms with E-state index in [1.54, 1.807) is 0 Å². The molecule has 10 nitrogen and oxygen atoms in total. The Labute approximate surface area is 239 Å². The summed E-state index contributed by atoms with van der Waals surface area (Å²) in [4.78, 5) is 29.6. The molecule has 2 N–H and O–H groups in total. The smallest absolute Gasteiger partial charge is 0.407 e. The number of alkyl carbamates (subject to hydrolysis) is 1. The quantitative estimate of drug-likeness (QED) is 0.354. The van der Waals surface area contributed by atoms with Gasteiger partial charge in [-0.3, -0.25) is 14.4 Å². The molecular formula is C29H35ClN6O4. The van der Waals surface area contributed by atoms with E-state index in [1.165, 1.54) is 0 Å². The van der Waals surface area contributed by atoms with Gasteiger partial charge in [0.25, 0.3) is 0 Å². The number of amides is 2. The number of benzene rings is 2. The first-order chi connectivity index (χ1) is 19.1. The lowest BCUT2D eigenvalue weighted by molar-refractivity contribution is -0.121. The Kier molecular flexibility index (Phi) is 9.09. The lowest BCUT2D eigenvalue weighted by atomic mass is 10.00. The van der Waals surface area contributed by atoms with Crippen LogP contribution in [0.25, 0.3) is 5.69 Å². The molecule has 4 rings (SSSR count). The first kappa shape index (κ1) is 29.1. The number of nitrogens with zero attached hydrogens (tertiary/aromatic N) is 4. The number of hydrogen-bond donors (Lipinski definition) is 2. The minimum atomic E-state index is -0.548. The van der Waals surface area contributed by atoms with Crippen LogP contribution in [-0.4, -0.2) is 57.8 Å². The molecule has 1 unspecified atom stereocenters. The van der Waals surface area contributed by atoms with Crippen LogP contribution < -0.4 is 15.4 Å². The number of aromatic nitrogens is 3. The number of nitrogens with one attached hydrogen (secondary N) is 2. The molecule has 0 fully saturated rings. The van der Waals surface area contributed by atoms with E-state index < -0.39 is 17.7 Å². The van der Waals surface area contributed by atoms with Gasteiger partial charge in [-0.15, -0.1) is 10.2 Å². The fourth-order valence-corrected chi connectivity index (χ4v) is 4.48. The van der Waals surface area contributed by atoms with Crippen molar-refractivity contribution in [2.24, 2.45) is 4.99 Å². The third-order valence-electron chi connectivity index (χ3n) is 6.03. The number of fused-ring (bicyclic) bond motifs is 3. The van der Waals surface area contributed by atoms with Gasteiger partial charge >= 0.3 is 6.09 Å². The van der Waals surface area contributed by atoms with Crippen LogP contribution in [0.5, 0.6) is 5.75 Å². The van der Waals surface area contributed by atoms with Gasteiger partial charge in [0.1, 0.15) is 23.2 Å². The van der Waals surface area contributed by atoms with E-state index in [1.807, 2.05) is 81.7 Å². The van der Waals surface area contributed by atoms with Crippen LogP contribution in [-0.2, 0) is 9.53 Å². The maximum atomic E-state index is 12.6. The normalized spacial score (nSPS) is 14.3. The number of carbonyl (C=O) groups is 2. The molecule has 0 saturated carbocycles. The monoisotopic (exact) mass is 566 g/mol. The number of carbonyl (C=O) groups excluding carboxylic acids is 2. The van der Waals surface area contributed by atoms with Crippen molar-refractivity contribution in [3.63, 3.8) is 0 Å². The summed E-state index contributed by atoms with van der Waals surface area (Å²) in [7, 11) is 0. The standard InChI is InChI=1S/C29H35ClN6O4/c1-6-31-25(37)17-23-27-35-34-18(2)36(27)24-13-12-21(39-15-7-14-32-28(38)40-29(3,4)5)16-22(24)26(33-23)19-8-10-20(30)11-9-19/h8-13,16,23H,6-7,14-15,17H2,1-5H3,(H,31,37)(H,32,38). The minimum Gasteiger partial charge on any atom is -0.494 e.